The van der Waals surface area contributed by atoms with E-state index in [2.05, 4.69) is 20.9 Å². The number of nitrogens with zero attached hydrogens (tertiary/aromatic N) is 1. The molecule has 4 nitrogen and oxygen atoms in total. The normalized spacial score (nSPS) is 16.8. The Kier molecular flexibility index (Phi) is 4.27. The molecule has 0 heterocycles. The van der Waals surface area contributed by atoms with Crippen LogP contribution < -0.4 is 9.47 Å². The summed E-state index contributed by atoms with van der Waals surface area (Å²) in [5.41, 5.74) is 0.516. The first kappa shape index (κ1) is 14.1. The van der Waals surface area contributed by atoms with Gasteiger partial charge in [-0.15, -0.1) is 0 Å². The molecule has 0 spiro atoms. The predicted molar refractivity (Wildman–Crippen MR) is 75.5 cm³/mol. The van der Waals surface area contributed by atoms with Crippen LogP contribution in [-0.2, 0) is 10.3 Å². The molecule has 2 rings (SSSR count). The molecule has 0 saturated heterocycles. The summed E-state index contributed by atoms with van der Waals surface area (Å²) in [7, 11) is 3.19. The Hall–Kier alpha value is -1.32. The molecule has 1 aliphatic carbocycles. The smallest absolute Gasteiger partial charge is 0.235 e. The van der Waals surface area contributed by atoms with Crippen molar-refractivity contribution in [1.29, 1.82) is 0 Å². The van der Waals surface area contributed by atoms with Gasteiger partial charge in [-0.05, 0) is 46.5 Å². The topological polar surface area (TPSA) is 47.9 Å². The van der Waals surface area contributed by atoms with Crippen LogP contribution in [-0.4, -0.2) is 20.3 Å². The predicted octanol–water partition coefficient (Wildman–Crippen LogP) is 3.57. The Bertz CT molecular complexity index is 518. The van der Waals surface area contributed by atoms with Crippen molar-refractivity contribution in [3.8, 4) is 11.5 Å². The Morgan fingerprint density at radius 2 is 1.95 bits per heavy atom. The lowest BCUT2D eigenvalue weighted by Crippen LogP contribution is -2.19. The van der Waals surface area contributed by atoms with E-state index in [-0.39, 0.29) is 0 Å². The van der Waals surface area contributed by atoms with E-state index in [1.807, 2.05) is 12.1 Å². The number of isocyanates is 1. The van der Waals surface area contributed by atoms with E-state index in [0.29, 0.717) is 11.5 Å². The third-order valence-corrected chi connectivity index (χ3v) is 4.25. The van der Waals surface area contributed by atoms with E-state index in [9.17, 15) is 4.79 Å². The molecular weight excluding hydrogens is 310 g/mol. The third kappa shape index (κ3) is 2.53. The molecule has 1 fully saturated rings. The molecule has 0 atom stereocenters. The van der Waals surface area contributed by atoms with E-state index >= 15 is 0 Å². The number of aliphatic imine (C=N–C) groups is 1. The van der Waals surface area contributed by atoms with Gasteiger partial charge < -0.3 is 9.47 Å². The zero-order chi connectivity index (χ0) is 13.9. The highest BCUT2D eigenvalue weighted by molar-refractivity contribution is 9.10. The zero-order valence-corrected chi connectivity index (χ0v) is 12.6. The lowest BCUT2D eigenvalue weighted by atomic mass is 9.88. The monoisotopic (exact) mass is 325 g/mol. The number of carbonyl (C=O) groups excluding carboxylic acids is 1. The van der Waals surface area contributed by atoms with Crippen LogP contribution in [0.1, 0.15) is 31.2 Å². The fourth-order valence-electron chi connectivity index (χ4n) is 2.70. The number of halogens is 1. The maximum absolute atomic E-state index is 10.7. The van der Waals surface area contributed by atoms with E-state index in [1.54, 1.807) is 20.3 Å². The molecule has 5 heteroatoms. The third-order valence-electron chi connectivity index (χ3n) is 3.66. The Labute approximate surface area is 120 Å². The van der Waals surface area contributed by atoms with Crippen molar-refractivity contribution >= 4 is 22.0 Å². The van der Waals surface area contributed by atoms with E-state index in [1.165, 1.54) is 0 Å². The molecule has 0 unspecified atom stereocenters. The van der Waals surface area contributed by atoms with Crippen molar-refractivity contribution in [3.05, 3.63) is 22.2 Å². The van der Waals surface area contributed by atoms with Crippen molar-refractivity contribution in [2.45, 2.75) is 31.2 Å². The van der Waals surface area contributed by atoms with Crippen LogP contribution >= 0.6 is 15.9 Å². The maximum atomic E-state index is 10.7. The van der Waals surface area contributed by atoms with Gasteiger partial charge in [0.15, 0.2) is 11.5 Å². The van der Waals surface area contributed by atoms with Gasteiger partial charge >= 0.3 is 0 Å². The first-order valence-corrected chi connectivity index (χ1v) is 6.97. The Morgan fingerprint density at radius 3 is 2.47 bits per heavy atom. The molecule has 1 aromatic carbocycles. The number of hydrogen-bond donors (Lipinski definition) is 0. The summed E-state index contributed by atoms with van der Waals surface area (Å²) < 4.78 is 11.4. The van der Waals surface area contributed by atoms with Crippen LogP contribution in [0.25, 0.3) is 0 Å². The summed E-state index contributed by atoms with van der Waals surface area (Å²) >= 11 is 3.48. The van der Waals surface area contributed by atoms with Gasteiger partial charge in [-0.2, -0.15) is 4.99 Å². The molecule has 0 aliphatic heterocycles. The Morgan fingerprint density at radius 1 is 1.26 bits per heavy atom. The highest BCUT2D eigenvalue weighted by atomic mass is 79.9. The van der Waals surface area contributed by atoms with Crippen LogP contribution in [0, 0.1) is 0 Å². The number of ether oxygens (including phenoxy) is 2. The second-order valence-electron chi connectivity index (χ2n) is 4.64. The molecule has 0 radical (unpaired) electrons. The molecule has 1 saturated carbocycles. The maximum Gasteiger partial charge on any atom is 0.235 e. The second-order valence-corrected chi connectivity index (χ2v) is 5.49. The zero-order valence-electron chi connectivity index (χ0n) is 11.0. The SMILES string of the molecule is COc1cc(C2(N=C=O)CCCC2)cc(Br)c1OC. The van der Waals surface area contributed by atoms with Crippen LogP contribution in [0.15, 0.2) is 21.6 Å². The summed E-state index contributed by atoms with van der Waals surface area (Å²) in [6.45, 7) is 0. The van der Waals surface area contributed by atoms with Gasteiger partial charge in [0.05, 0.1) is 24.2 Å². The van der Waals surface area contributed by atoms with Crippen LogP contribution in [0.3, 0.4) is 0 Å². The highest BCUT2D eigenvalue weighted by Crippen LogP contribution is 2.46. The first-order chi connectivity index (χ1) is 9.16. The molecule has 102 valence electrons. The number of rotatable bonds is 4. The highest BCUT2D eigenvalue weighted by Gasteiger charge is 2.36. The van der Waals surface area contributed by atoms with Gasteiger partial charge in [0.25, 0.3) is 0 Å². The van der Waals surface area contributed by atoms with Crippen molar-refractivity contribution in [3.63, 3.8) is 0 Å². The molecule has 0 amide bonds. The average molecular weight is 326 g/mol. The van der Waals surface area contributed by atoms with Gasteiger partial charge in [-0.3, -0.25) is 0 Å². The van der Waals surface area contributed by atoms with Crippen LogP contribution in [0.5, 0.6) is 11.5 Å². The van der Waals surface area contributed by atoms with E-state index < -0.39 is 5.54 Å². The minimum atomic E-state index is -0.455. The summed E-state index contributed by atoms with van der Waals surface area (Å²) in [4.78, 5) is 14.8. The summed E-state index contributed by atoms with van der Waals surface area (Å²) in [5, 5.41) is 0. The minimum absolute atomic E-state index is 0.455. The van der Waals surface area contributed by atoms with E-state index in [0.717, 1.165) is 35.7 Å². The second kappa shape index (κ2) is 5.76. The summed E-state index contributed by atoms with van der Waals surface area (Å²) in [6, 6.07) is 3.85. The number of hydrogen-bond acceptors (Lipinski definition) is 4. The van der Waals surface area contributed by atoms with Crippen LogP contribution in [0.2, 0.25) is 0 Å². The van der Waals surface area contributed by atoms with Gasteiger partial charge in [0.2, 0.25) is 6.08 Å². The molecular formula is C14H16BrNO3. The number of methoxy groups -OCH3 is 2. The molecule has 1 aromatic rings. The van der Waals surface area contributed by atoms with Gasteiger partial charge in [0.1, 0.15) is 0 Å². The molecule has 0 bridgehead atoms. The van der Waals surface area contributed by atoms with Crippen LogP contribution in [0.4, 0.5) is 0 Å². The minimum Gasteiger partial charge on any atom is -0.493 e. The Balaban J connectivity index is 2.55. The molecule has 0 aromatic heterocycles. The largest absolute Gasteiger partial charge is 0.493 e. The molecule has 1 aliphatic rings. The fraction of sp³-hybridized carbons (Fsp3) is 0.500. The van der Waals surface area contributed by atoms with Crippen molar-refractivity contribution < 1.29 is 14.3 Å². The lowest BCUT2D eigenvalue weighted by Gasteiger charge is -2.24. The van der Waals surface area contributed by atoms with Gasteiger partial charge in [-0.1, -0.05) is 12.8 Å². The quantitative estimate of drug-likeness (QED) is 0.628. The molecule has 0 N–H and O–H groups in total. The summed E-state index contributed by atoms with van der Waals surface area (Å²) in [6.07, 6.45) is 5.59. The summed E-state index contributed by atoms with van der Waals surface area (Å²) in [5.74, 6) is 1.29. The van der Waals surface area contributed by atoms with Crippen molar-refractivity contribution in [1.82, 2.24) is 0 Å². The average Bonchev–Trinajstić information content (AvgIpc) is 2.88. The fourth-order valence-corrected chi connectivity index (χ4v) is 3.30. The molecule has 19 heavy (non-hydrogen) atoms. The van der Waals surface area contributed by atoms with Gasteiger partial charge in [0, 0.05) is 0 Å². The van der Waals surface area contributed by atoms with E-state index in [4.69, 9.17) is 9.47 Å². The number of benzene rings is 1. The first-order valence-electron chi connectivity index (χ1n) is 6.18. The van der Waals surface area contributed by atoms with Gasteiger partial charge in [-0.25, -0.2) is 4.79 Å². The van der Waals surface area contributed by atoms with Crippen molar-refractivity contribution in [2.75, 3.05) is 14.2 Å². The lowest BCUT2D eigenvalue weighted by molar-refractivity contribution is 0.350. The van der Waals surface area contributed by atoms with Crippen molar-refractivity contribution in [2.24, 2.45) is 4.99 Å². The standard InChI is InChI=1S/C14H16BrNO3/c1-18-12-8-10(7-11(15)13(12)19-2)14(16-9-17)5-3-4-6-14/h7-8H,3-6H2,1-2H3.